The van der Waals surface area contributed by atoms with E-state index < -0.39 is 0 Å². The zero-order valence-corrected chi connectivity index (χ0v) is 16.5. The molecule has 5 rings (SSSR count). The van der Waals surface area contributed by atoms with Crippen molar-refractivity contribution in [3.05, 3.63) is 91.0 Å². The van der Waals surface area contributed by atoms with Gasteiger partial charge in [0, 0.05) is 52.9 Å². The first-order valence-electron chi connectivity index (χ1n) is 9.82. The number of rotatable bonds is 6. The van der Waals surface area contributed by atoms with Crippen LogP contribution in [0, 0.1) is 0 Å². The minimum absolute atomic E-state index is 0.0293. The van der Waals surface area contributed by atoms with E-state index in [9.17, 15) is 4.79 Å². The van der Waals surface area contributed by atoms with Crippen molar-refractivity contribution in [1.29, 1.82) is 0 Å². The van der Waals surface area contributed by atoms with Crippen LogP contribution >= 0.6 is 0 Å². The SMILES string of the molecule is O=C(CNc1cc(-c2cccnc2)nc(-c2ccccn2)n1)c1c[nH]c2ccccc12. The third-order valence-corrected chi connectivity index (χ3v) is 4.90. The van der Waals surface area contributed by atoms with Crippen LogP contribution in [0.5, 0.6) is 0 Å². The molecule has 7 nitrogen and oxygen atoms in total. The van der Waals surface area contributed by atoms with Crippen LogP contribution in [0.2, 0.25) is 0 Å². The van der Waals surface area contributed by atoms with E-state index in [0.29, 0.717) is 28.6 Å². The number of hydrogen-bond donors (Lipinski definition) is 2. The summed E-state index contributed by atoms with van der Waals surface area (Å²) in [5.41, 5.74) is 3.79. The summed E-state index contributed by atoms with van der Waals surface area (Å²) in [6, 6.07) is 18.9. The number of nitrogens with zero attached hydrogens (tertiary/aromatic N) is 4. The molecule has 2 N–H and O–H groups in total. The Balaban J connectivity index is 1.46. The highest BCUT2D eigenvalue weighted by Crippen LogP contribution is 2.23. The fraction of sp³-hybridized carbons (Fsp3) is 0.0417. The van der Waals surface area contributed by atoms with Gasteiger partial charge in [0.15, 0.2) is 11.6 Å². The summed E-state index contributed by atoms with van der Waals surface area (Å²) >= 11 is 0. The third-order valence-electron chi connectivity index (χ3n) is 4.90. The van der Waals surface area contributed by atoms with Crippen molar-refractivity contribution in [3.63, 3.8) is 0 Å². The van der Waals surface area contributed by atoms with Crippen molar-refractivity contribution in [2.24, 2.45) is 0 Å². The van der Waals surface area contributed by atoms with Crippen LogP contribution in [-0.4, -0.2) is 37.2 Å². The molecule has 0 atom stereocenters. The number of carbonyl (C=O) groups is 1. The highest BCUT2D eigenvalue weighted by molar-refractivity contribution is 6.09. The maximum atomic E-state index is 12.9. The average molecular weight is 406 g/mol. The zero-order chi connectivity index (χ0) is 21.0. The molecule has 0 fully saturated rings. The Morgan fingerprint density at radius 1 is 0.935 bits per heavy atom. The summed E-state index contributed by atoms with van der Waals surface area (Å²) in [6.07, 6.45) is 6.90. The summed E-state index contributed by atoms with van der Waals surface area (Å²) in [5.74, 6) is 0.991. The Hall–Kier alpha value is -4.39. The van der Waals surface area contributed by atoms with Crippen LogP contribution in [0.4, 0.5) is 5.82 Å². The smallest absolute Gasteiger partial charge is 0.184 e. The number of para-hydroxylation sites is 1. The Labute approximate surface area is 178 Å². The third kappa shape index (κ3) is 3.89. The van der Waals surface area contributed by atoms with Gasteiger partial charge in [0.1, 0.15) is 11.5 Å². The van der Waals surface area contributed by atoms with Gasteiger partial charge in [-0.1, -0.05) is 24.3 Å². The molecule has 31 heavy (non-hydrogen) atoms. The fourth-order valence-corrected chi connectivity index (χ4v) is 3.38. The second kappa shape index (κ2) is 8.16. The van der Waals surface area contributed by atoms with Gasteiger partial charge in [-0.25, -0.2) is 9.97 Å². The number of anilines is 1. The molecule has 0 amide bonds. The lowest BCUT2D eigenvalue weighted by atomic mass is 10.1. The zero-order valence-electron chi connectivity index (χ0n) is 16.5. The van der Waals surface area contributed by atoms with Gasteiger partial charge >= 0.3 is 0 Å². The maximum absolute atomic E-state index is 12.9. The monoisotopic (exact) mass is 406 g/mol. The van der Waals surface area contributed by atoms with E-state index in [4.69, 9.17) is 0 Å². The van der Waals surface area contributed by atoms with E-state index in [1.54, 1.807) is 24.8 Å². The van der Waals surface area contributed by atoms with E-state index in [1.165, 1.54) is 0 Å². The molecule has 0 saturated carbocycles. The van der Waals surface area contributed by atoms with Crippen molar-refractivity contribution < 1.29 is 4.79 Å². The summed E-state index contributed by atoms with van der Waals surface area (Å²) in [4.78, 5) is 33.8. The second-order valence-corrected chi connectivity index (χ2v) is 6.94. The molecule has 150 valence electrons. The standard InChI is InChI=1S/C24H18N6O/c31-22(18-14-27-19-8-2-1-7-17(18)19)15-28-23-12-21(16-6-5-10-25-13-16)29-24(30-23)20-9-3-4-11-26-20/h1-14,27H,15H2,(H,28,29,30). The predicted octanol–water partition coefficient (Wildman–Crippen LogP) is 4.38. The van der Waals surface area contributed by atoms with Gasteiger partial charge in [0.05, 0.1) is 12.2 Å². The number of hydrogen-bond acceptors (Lipinski definition) is 6. The lowest BCUT2D eigenvalue weighted by Gasteiger charge is -2.10. The van der Waals surface area contributed by atoms with Gasteiger partial charge in [0.25, 0.3) is 0 Å². The Morgan fingerprint density at radius 3 is 2.68 bits per heavy atom. The van der Waals surface area contributed by atoms with Crippen LogP contribution in [0.25, 0.3) is 33.7 Å². The quantitative estimate of drug-likeness (QED) is 0.406. The van der Waals surface area contributed by atoms with Gasteiger partial charge in [0.2, 0.25) is 0 Å². The Bertz CT molecular complexity index is 1290. The van der Waals surface area contributed by atoms with Crippen molar-refractivity contribution in [1.82, 2.24) is 24.9 Å². The molecule has 0 bridgehead atoms. The molecular formula is C24H18N6O. The number of aromatic nitrogens is 5. The van der Waals surface area contributed by atoms with Gasteiger partial charge in [-0.2, -0.15) is 0 Å². The Kier molecular flexibility index (Phi) is 4.90. The normalized spacial score (nSPS) is 10.8. The molecule has 1 aromatic carbocycles. The van der Waals surface area contributed by atoms with Crippen molar-refractivity contribution in [2.45, 2.75) is 0 Å². The molecule has 5 aromatic rings. The van der Waals surface area contributed by atoms with Crippen LogP contribution < -0.4 is 5.32 Å². The average Bonchev–Trinajstić information content (AvgIpc) is 3.28. The van der Waals surface area contributed by atoms with Crippen LogP contribution in [0.1, 0.15) is 10.4 Å². The first kappa shape index (κ1) is 18.6. The summed E-state index contributed by atoms with van der Waals surface area (Å²) in [7, 11) is 0. The van der Waals surface area contributed by atoms with Crippen molar-refractivity contribution >= 4 is 22.5 Å². The number of fused-ring (bicyclic) bond motifs is 1. The molecule has 0 saturated heterocycles. The first-order valence-corrected chi connectivity index (χ1v) is 9.82. The minimum Gasteiger partial charge on any atom is -0.362 e. The topological polar surface area (TPSA) is 96.5 Å². The predicted molar refractivity (Wildman–Crippen MR) is 120 cm³/mol. The molecule has 0 radical (unpaired) electrons. The highest BCUT2D eigenvalue weighted by Gasteiger charge is 2.14. The fourth-order valence-electron chi connectivity index (χ4n) is 3.38. The lowest BCUT2D eigenvalue weighted by molar-refractivity contribution is 0.101. The molecule has 0 aliphatic heterocycles. The van der Waals surface area contributed by atoms with E-state index in [-0.39, 0.29) is 12.3 Å². The van der Waals surface area contributed by atoms with Crippen molar-refractivity contribution in [2.75, 3.05) is 11.9 Å². The summed E-state index contributed by atoms with van der Waals surface area (Å²) < 4.78 is 0. The Morgan fingerprint density at radius 2 is 1.84 bits per heavy atom. The molecule has 4 heterocycles. The van der Waals surface area contributed by atoms with Gasteiger partial charge in [-0.05, 0) is 30.3 Å². The molecule has 0 aliphatic rings. The highest BCUT2D eigenvalue weighted by atomic mass is 16.1. The minimum atomic E-state index is -0.0293. The molecule has 0 unspecified atom stereocenters. The number of pyridine rings is 2. The van der Waals surface area contributed by atoms with E-state index in [1.807, 2.05) is 60.7 Å². The number of ketones is 1. The number of benzene rings is 1. The first-order chi connectivity index (χ1) is 15.3. The number of H-pyrrole nitrogens is 1. The molecule has 0 spiro atoms. The van der Waals surface area contributed by atoms with E-state index in [0.717, 1.165) is 16.5 Å². The van der Waals surface area contributed by atoms with E-state index >= 15 is 0 Å². The van der Waals surface area contributed by atoms with E-state index in [2.05, 4.69) is 30.2 Å². The van der Waals surface area contributed by atoms with Gasteiger partial charge in [-0.3, -0.25) is 14.8 Å². The van der Waals surface area contributed by atoms with Crippen LogP contribution in [0.15, 0.2) is 85.5 Å². The summed E-state index contributed by atoms with van der Waals surface area (Å²) in [6.45, 7) is 0.104. The molecule has 0 aliphatic carbocycles. The van der Waals surface area contributed by atoms with Crippen LogP contribution in [0.3, 0.4) is 0 Å². The largest absolute Gasteiger partial charge is 0.362 e. The number of nitrogens with one attached hydrogen (secondary N) is 2. The number of carbonyl (C=O) groups excluding carboxylic acids is 1. The molecule has 7 heteroatoms. The molecule has 4 aromatic heterocycles. The lowest BCUT2D eigenvalue weighted by Crippen LogP contribution is -2.15. The summed E-state index contributed by atoms with van der Waals surface area (Å²) in [5, 5.41) is 4.06. The van der Waals surface area contributed by atoms with Gasteiger partial charge in [-0.15, -0.1) is 0 Å². The molecular weight excluding hydrogens is 388 g/mol. The van der Waals surface area contributed by atoms with Crippen molar-refractivity contribution in [3.8, 4) is 22.8 Å². The second-order valence-electron chi connectivity index (χ2n) is 6.94. The van der Waals surface area contributed by atoms with Gasteiger partial charge < -0.3 is 10.3 Å². The number of Topliss-reactive ketones (excluding diaryl/α,β-unsaturated/α-hetero) is 1. The van der Waals surface area contributed by atoms with Crippen LogP contribution in [-0.2, 0) is 0 Å². The maximum Gasteiger partial charge on any atom is 0.184 e. The number of aromatic amines is 1.